The number of hydrogen-bond acceptors (Lipinski definition) is 5. The van der Waals surface area contributed by atoms with Crippen molar-refractivity contribution >= 4 is 12.4 Å². The molecule has 0 N–H and O–H groups in total. The Morgan fingerprint density at radius 3 is 2.85 bits per heavy atom. The summed E-state index contributed by atoms with van der Waals surface area (Å²) in [6.45, 7) is 2.25. The molecule has 4 atom stereocenters. The van der Waals surface area contributed by atoms with E-state index >= 15 is 0 Å². The van der Waals surface area contributed by atoms with Gasteiger partial charge in [0.05, 0.1) is 6.42 Å². The molecule has 2 aliphatic rings. The third kappa shape index (κ3) is 1.51. The lowest BCUT2D eigenvalue weighted by molar-refractivity contribution is -0.142. The number of esters is 1. The van der Waals surface area contributed by atoms with Gasteiger partial charge in [0, 0.05) is 5.92 Å². The van der Waals surface area contributed by atoms with Crippen LogP contribution in [0.4, 0.5) is 0 Å². The molecule has 0 aromatic rings. The number of carbonyl (C=O) groups is 2. The molecular formula is C8H10O5. The molecule has 2 heterocycles. The minimum absolute atomic E-state index is 0.137. The maximum absolute atomic E-state index is 10.9. The molecule has 5 heteroatoms. The molecule has 0 aliphatic carbocycles. The average Bonchev–Trinajstić information content (AvgIpc) is 2.73. The van der Waals surface area contributed by atoms with Gasteiger partial charge in [0.2, 0.25) is 6.29 Å². The molecule has 5 nitrogen and oxygen atoms in total. The van der Waals surface area contributed by atoms with Gasteiger partial charge in [-0.2, -0.15) is 0 Å². The Hall–Kier alpha value is -1.10. The lowest BCUT2D eigenvalue weighted by Crippen LogP contribution is -2.23. The Morgan fingerprint density at radius 2 is 2.31 bits per heavy atom. The second-order valence-corrected chi connectivity index (χ2v) is 3.34. The van der Waals surface area contributed by atoms with Gasteiger partial charge in [-0.1, -0.05) is 6.92 Å². The molecule has 2 fully saturated rings. The zero-order valence-corrected chi connectivity index (χ0v) is 7.14. The van der Waals surface area contributed by atoms with Crippen LogP contribution in [0.3, 0.4) is 0 Å². The predicted octanol–water partition coefficient (Wildman–Crippen LogP) is -0.164. The van der Waals surface area contributed by atoms with E-state index in [1.807, 2.05) is 6.92 Å². The highest BCUT2D eigenvalue weighted by atomic mass is 16.8. The van der Waals surface area contributed by atoms with E-state index < -0.39 is 6.29 Å². The number of ether oxygens (including phenoxy) is 3. The van der Waals surface area contributed by atoms with Crippen molar-refractivity contribution in [1.29, 1.82) is 0 Å². The molecule has 0 spiro atoms. The summed E-state index contributed by atoms with van der Waals surface area (Å²) in [6.07, 6.45) is -0.613. The largest absolute Gasteiger partial charge is 0.459 e. The number of hydrogen-bond donors (Lipinski definition) is 0. The average molecular weight is 186 g/mol. The van der Waals surface area contributed by atoms with E-state index in [1.165, 1.54) is 0 Å². The Morgan fingerprint density at radius 1 is 1.54 bits per heavy atom. The van der Waals surface area contributed by atoms with Crippen molar-refractivity contribution in [3.05, 3.63) is 0 Å². The Kier molecular flexibility index (Phi) is 1.95. The van der Waals surface area contributed by atoms with Crippen LogP contribution in [0.15, 0.2) is 0 Å². The number of rotatable bonds is 3. The van der Waals surface area contributed by atoms with Gasteiger partial charge in [-0.3, -0.25) is 9.59 Å². The van der Waals surface area contributed by atoms with Crippen molar-refractivity contribution < 1.29 is 23.8 Å². The summed E-state index contributed by atoms with van der Waals surface area (Å²) < 4.78 is 14.6. The SMILES string of the molecule is CC1CC(=O)OC1C1OC1OC=O. The van der Waals surface area contributed by atoms with Gasteiger partial charge in [0.15, 0.2) is 6.10 Å². The normalized spacial score (nSPS) is 42.7. The van der Waals surface area contributed by atoms with E-state index in [-0.39, 0.29) is 24.1 Å². The molecule has 4 unspecified atom stereocenters. The Bertz CT molecular complexity index is 239. The summed E-state index contributed by atoms with van der Waals surface area (Å²) in [6, 6.07) is 0. The van der Waals surface area contributed by atoms with Crippen LogP contribution in [0.25, 0.3) is 0 Å². The molecule has 2 rings (SSSR count). The lowest BCUT2D eigenvalue weighted by Gasteiger charge is -2.09. The lowest BCUT2D eigenvalue weighted by atomic mass is 10.0. The van der Waals surface area contributed by atoms with Crippen molar-refractivity contribution in [3.8, 4) is 0 Å². The highest BCUT2D eigenvalue weighted by Crippen LogP contribution is 2.36. The topological polar surface area (TPSA) is 65.1 Å². The van der Waals surface area contributed by atoms with Crippen molar-refractivity contribution in [1.82, 2.24) is 0 Å². The number of epoxide rings is 1. The fourth-order valence-corrected chi connectivity index (χ4v) is 1.59. The van der Waals surface area contributed by atoms with E-state index in [9.17, 15) is 9.59 Å². The Balaban J connectivity index is 1.89. The van der Waals surface area contributed by atoms with Gasteiger partial charge < -0.3 is 14.2 Å². The zero-order valence-electron chi connectivity index (χ0n) is 7.14. The zero-order chi connectivity index (χ0) is 9.42. The highest BCUT2D eigenvalue weighted by molar-refractivity contribution is 5.72. The summed E-state index contributed by atoms with van der Waals surface area (Å²) in [4.78, 5) is 20.8. The maximum atomic E-state index is 10.9. The van der Waals surface area contributed by atoms with E-state index in [0.717, 1.165) is 0 Å². The first kappa shape index (κ1) is 8.50. The minimum atomic E-state index is -0.518. The maximum Gasteiger partial charge on any atom is 0.306 e. The van der Waals surface area contributed by atoms with Gasteiger partial charge in [-0.05, 0) is 0 Å². The molecule has 2 saturated heterocycles. The van der Waals surface area contributed by atoms with E-state index in [1.54, 1.807) is 0 Å². The summed E-state index contributed by atoms with van der Waals surface area (Å²) in [7, 11) is 0. The van der Waals surface area contributed by atoms with Crippen LogP contribution in [-0.4, -0.2) is 30.9 Å². The minimum Gasteiger partial charge on any atom is -0.459 e. The van der Waals surface area contributed by atoms with Crippen LogP contribution < -0.4 is 0 Å². The van der Waals surface area contributed by atoms with Crippen molar-refractivity contribution in [3.63, 3.8) is 0 Å². The van der Waals surface area contributed by atoms with Crippen LogP contribution in [0, 0.1) is 5.92 Å². The number of carbonyl (C=O) groups excluding carboxylic acids is 2. The molecule has 0 saturated carbocycles. The molecule has 0 aromatic carbocycles. The first-order chi connectivity index (χ1) is 6.22. The van der Waals surface area contributed by atoms with Crippen LogP contribution >= 0.6 is 0 Å². The fraction of sp³-hybridized carbons (Fsp3) is 0.750. The summed E-state index contributed by atoms with van der Waals surface area (Å²) in [5, 5.41) is 0. The van der Waals surface area contributed by atoms with Crippen molar-refractivity contribution in [2.45, 2.75) is 31.8 Å². The predicted molar refractivity (Wildman–Crippen MR) is 39.5 cm³/mol. The highest BCUT2D eigenvalue weighted by Gasteiger charge is 2.53. The molecule has 2 aliphatic heterocycles. The smallest absolute Gasteiger partial charge is 0.306 e. The third-order valence-corrected chi connectivity index (χ3v) is 2.31. The molecular weight excluding hydrogens is 176 g/mol. The first-order valence-corrected chi connectivity index (χ1v) is 4.16. The molecule has 0 amide bonds. The molecule has 0 bridgehead atoms. The number of cyclic esters (lactones) is 1. The fourth-order valence-electron chi connectivity index (χ4n) is 1.59. The monoisotopic (exact) mass is 186 g/mol. The van der Waals surface area contributed by atoms with Crippen LogP contribution in [-0.2, 0) is 23.8 Å². The summed E-state index contributed by atoms with van der Waals surface area (Å²) in [5.41, 5.74) is 0. The van der Waals surface area contributed by atoms with E-state index in [0.29, 0.717) is 12.9 Å². The molecule has 0 radical (unpaired) electrons. The van der Waals surface area contributed by atoms with Gasteiger partial charge in [0.1, 0.15) is 6.10 Å². The van der Waals surface area contributed by atoms with Crippen molar-refractivity contribution in [2.24, 2.45) is 5.92 Å². The van der Waals surface area contributed by atoms with Crippen LogP contribution in [0.1, 0.15) is 13.3 Å². The quantitative estimate of drug-likeness (QED) is 0.348. The van der Waals surface area contributed by atoms with Crippen molar-refractivity contribution in [2.75, 3.05) is 0 Å². The van der Waals surface area contributed by atoms with Gasteiger partial charge >= 0.3 is 5.97 Å². The van der Waals surface area contributed by atoms with Crippen LogP contribution in [0.2, 0.25) is 0 Å². The van der Waals surface area contributed by atoms with E-state index in [4.69, 9.17) is 9.47 Å². The summed E-state index contributed by atoms with van der Waals surface area (Å²) in [5.74, 6) is -0.0735. The molecule has 13 heavy (non-hydrogen) atoms. The Labute approximate surface area is 74.9 Å². The second-order valence-electron chi connectivity index (χ2n) is 3.34. The summed E-state index contributed by atoms with van der Waals surface area (Å²) >= 11 is 0. The molecule has 72 valence electrons. The van der Waals surface area contributed by atoms with E-state index in [2.05, 4.69) is 4.74 Å². The first-order valence-electron chi connectivity index (χ1n) is 4.16. The van der Waals surface area contributed by atoms with Gasteiger partial charge in [0.25, 0.3) is 6.47 Å². The van der Waals surface area contributed by atoms with Crippen LogP contribution in [0.5, 0.6) is 0 Å². The second kappa shape index (κ2) is 2.99. The van der Waals surface area contributed by atoms with Gasteiger partial charge in [-0.15, -0.1) is 0 Å². The third-order valence-electron chi connectivity index (χ3n) is 2.31. The van der Waals surface area contributed by atoms with Gasteiger partial charge in [-0.25, -0.2) is 0 Å². The molecule has 0 aromatic heterocycles. The standard InChI is InChI=1S/C8H10O5/c1-4-2-5(10)12-6(4)7-8(13-7)11-3-9/h3-4,6-8H,2H2,1H3.